The molecule has 0 atom stereocenters. The van der Waals surface area contributed by atoms with E-state index in [-0.39, 0.29) is 5.82 Å². The van der Waals surface area contributed by atoms with E-state index in [9.17, 15) is 4.39 Å². The van der Waals surface area contributed by atoms with Gasteiger partial charge in [-0.1, -0.05) is 25.4 Å². The summed E-state index contributed by atoms with van der Waals surface area (Å²) in [6.45, 7) is 4.91. The molecule has 0 bridgehead atoms. The summed E-state index contributed by atoms with van der Waals surface area (Å²) in [7, 11) is 0. The summed E-state index contributed by atoms with van der Waals surface area (Å²) in [6, 6.07) is 4.88. The van der Waals surface area contributed by atoms with Crippen molar-refractivity contribution in [1.29, 1.82) is 0 Å². The molecule has 18 heavy (non-hydrogen) atoms. The number of nitrogens with one attached hydrogen (secondary N) is 1. The molecule has 0 amide bonds. The third-order valence-corrected chi connectivity index (χ3v) is 3.16. The fourth-order valence-corrected chi connectivity index (χ4v) is 2.16. The van der Waals surface area contributed by atoms with Gasteiger partial charge in [-0.3, -0.25) is 0 Å². The van der Waals surface area contributed by atoms with E-state index in [1.807, 2.05) is 13.0 Å². The highest BCUT2D eigenvalue weighted by Gasteiger charge is 2.12. The summed E-state index contributed by atoms with van der Waals surface area (Å²) >= 11 is 6.16. The minimum Gasteiger partial charge on any atom is -0.384 e. The van der Waals surface area contributed by atoms with Crippen molar-refractivity contribution in [3.8, 4) is 0 Å². The molecule has 0 fully saturated rings. The Balaban J connectivity index is 2.68. The molecule has 0 aliphatic heterocycles. The van der Waals surface area contributed by atoms with Crippen LogP contribution in [0.1, 0.15) is 26.0 Å². The summed E-state index contributed by atoms with van der Waals surface area (Å²) in [4.78, 5) is 4.32. The van der Waals surface area contributed by atoms with Crippen LogP contribution in [-0.4, -0.2) is 11.5 Å². The van der Waals surface area contributed by atoms with Crippen molar-refractivity contribution in [2.45, 2.75) is 26.7 Å². The maximum absolute atomic E-state index is 13.8. The first kappa shape index (κ1) is 13.1. The Morgan fingerprint density at radius 1 is 1.33 bits per heavy atom. The summed E-state index contributed by atoms with van der Waals surface area (Å²) in [5.41, 5.74) is 2.07. The third-order valence-electron chi connectivity index (χ3n) is 2.84. The molecule has 0 spiro atoms. The van der Waals surface area contributed by atoms with Gasteiger partial charge in [-0.05, 0) is 31.0 Å². The summed E-state index contributed by atoms with van der Waals surface area (Å²) in [5, 5.41) is 4.49. The van der Waals surface area contributed by atoms with E-state index in [0.29, 0.717) is 15.9 Å². The molecule has 0 aliphatic rings. The van der Waals surface area contributed by atoms with Crippen LogP contribution >= 0.6 is 11.6 Å². The zero-order valence-electron chi connectivity index (χ0n) is 10.6. The normalized spacial score (nSPS) is 10.9. The molecule has 0 saturated heterocycles. The van der Waals surface area contributed by atoms with E-state index >= 15 is 0 Å². The Hall–Kier alpha value is -1.35. The number of aryl methyl sites for hydroxylation is 1. The Bertz CT molecular complexity index is 569. The lowest BCUT2D eigenvalue weighted by Gasteiger charge is -2.12. The molecule has 1 N–H and O–H groups in total. The lowest BCUT2D eigenvalue weighted by Crippen LogP contribution is -2.03. The van der Waals surface area contributed by atoms with E-state index in [1.165, 1.54) is 6.07 Å². The number of rotatable bonds is 4. The number of fused-ring (bicyclic) bond motifs is 1. The van der Waals surface area contributed by atoms with E-state index in [0.717, 1.165) is 30.8 Å². The molecule has 2 rings (SSSR count). The van der Waals surface area contributed by atoms with Crippen LogP contribution in [0.4, 0.5) is 10.1 Å². The molecule has 2 aromatic rings. The van der Waals surface area contributed by atoms with Crippen molar-refractivity contribution >= 4 is 28.2 Å². The standard InChI is InChI=1S/C14H16ClFN2/c1-3-7-17-12-8-9(4-2)18-14-11(16)6-5-10(15)13(12)14/h5-6,8H,3-4,7H2,1-2H3,(H,17,18). The van der Waals surface area contributed by atoms with Gasteiger partial charge in [-0.15, -0.1) is 0 Å². The Kier molecular flexibility index (Phi) is 4.02. The van der Waals surface area contributed by atoms with Gasteiger partial charge in [0.1, 0.15) is 11.3 Å². The molecule has 0 saturated carbocycles. The predicted octanol–water partition coefficient (Wildman–Crippen LogP) is 4.41. The van der Waals surface area contributed by atoms with E-state index in [4.69, 9.17) is 11.6 Å². The second kappa shape index (κ2) is 5.53. The Morgan fingerprint density at radius 2 is 2.11 bits per heavy atom. The van der Waals surface area contributed by atoms with Crippen molar-refractivity contribution < 1.29 is 4.39 Å². The SMILES string of the molecule is CCCNc1cc(CC)nc2c(F)ccc(Cl)c12. The van der Waals surface area contributed by atoms with Crippen LogP contribution in [0.25, 0.3) is 10.9 Å². The molecule has 1 heterocycles. The van der Waals surface area contributed by atoms with Crippen molar-refractivity contribution in [2.24, 2.45) is 0 Å². The van der Waals surface area contributed by atoms with Gasteiger partial charge in [0.15, 0.2) is 0 Å². The first-order valence-electron chi connectivity index (χ1n) is 6.18. The van der Waals surface area contributed by atoms with Gasteiger partial charge in [-0.25, -0.2) is 9.37 Å². The molecule has 1 aromatic carbocycles. The van der Waals surface area contributed by atoms with E-state index in [2.05, 4.69) is 17.2 Å². The highest BCUT2D eigenvalue weighted by molar-refractivity contribution is 6.36. The number of benzene rings is 1. The van der Waals surface area contributed by atoms with Gasteiger partial charge in [0.05, 0.1) is 5.02 Å². The molecule has 0 unspecified atom stereocenters. The molecule has 2 nitrogen and oxygen atoms in total. The number of nitrogens with zero attached hydrogens (tertiary/aromatic N) is 1. The summed E-state index contributed by atoms with van der Waals surface area (Å²) in [5.74, 6) is -0.329. The van der Waals surface area contributed by atoms with Gasteiger partial charge in [0, 0.05) is 23.3 Å². The number of halogens is 2. The molecular weight excluding hydrogens is 251 g/mol. The molecule has 4 heteroatoms. The van der Waals surface area contributed by atoms with Crippen molar-refractivity contribution in [3.63, 3.8) is 0 Å². The highest BCUT2D eigenvalue weighted by atomic mass is 35.5. The quantitative estimate of drug-likeness (QED) is 0.887. The average molecular weight is 267 g/mol. The summed E-state index contributed by atoms with van der Waals surface area (Å²) in [6.07, 6.45) is 1.76. The van der Waals surface area contributed by atoms with Crippen LogP contribution < -0.4 is 5.32 Å². The van der Waals surface area contributed by atoms with Crippen molar-refractivity contribution in [2.75, 3.05) is 11.9 Å². The van der Waals surface area contributed by atoms with Crippen LogP contribution in [0, 0.1) is 5.82 Å². The molecule has 1 aromatic heterocycles. The highest BCUT2D eigenvalue weighted by Crippen LogP contribution is 2.32. The van der Waals surface area contributed by atoms with E-state index < -0.39 is 0 Å². The lowest BCUT2D eigenvalue weighted by molar-refractivity contribution is 0.636. The van der Waals surface area contributed by atoms with Gasteiger partial charge in [0.25, 0.3) is 0 Å². The third kappa shape index (κ3) is 2.41. The zero-order valence-corrected chi connectivity index (χ0v) is 11.3. The van der Waals surface area contributed by atoms with Gasteiger partial charge in [0.2, 0.25) is 0 Å². The predicted molar refractivity (Wildman–Crippen MR) is 74.9 cm³/mol. The first-order chi connectivity index (χ1) is 8.67. The van der Waals surface area contributed by atoms with Crippen LogP contribution in [0.2, 0.25) is 5.02 Å². The second-order valence-corrected chi connectivity index (χ2v) is 4.60. The van der Waals surface area contributed by atoms with Gasteiger partial charge < -0.3 is 5.32 Å². The minimum atomic E-state index is -0.329. The minimum absolute atomic E-state index is 0.329. The summed E-state index contributed by atoms with van der Waals surface area (Å²) < 4.78 is 13.8. The largest absolute Gasteiger partial charge is 0.384 e. The fourth-order valence-electron chi connectivity index (χ4n) is 1.90. The fraction of sp³-hybridized carbons (Fsp3) is 0.357. The molecule has 96 valence electrons. The van der Waals surface area contributed by atoms with Crippen molar-refractivity contribution in [1.82, 2.24) is 4.98 Å². The molecular formula is C14H16ClFN2. The number of pyridine rings is 1. The van der Waals surface area contributed by atoms with Crippen LogP contribution in [0.3, 0.4) is 0 Å². The number of anilines is 1. The number of hydrogen-bond donors (Lipinski definition) is 1. The number of hydrogen-bond acceptors (Lipinski definition) is 2. The maximum atomic E-state index is 13.8. The van der Waals surface area contributed by atoms with Crippen LogP contribution in [0.5, 0.6) is 0 Å². The molecule has 0 radical (unpaired) electrons. The Morgan fingerprint density at radius 3 is 2.78 bits per heavy atom. The average Bonchev–Trinajstić information content (AvgIpc) is 2.39. The van der Waals surface area contributed by atoms with Crippen LogP contribution in [0.15, 0.2) is 18.2 Å². The second-order valence-electron chi connectivity index (χ2n) is 4.19. The maximum Gasteiger partial charge on any atom is 0.149 e. The van der Waals surface area contributed by atoms with Gasteiger partial charge in [-0.2, -0.15) is 0 Å². The van der Waals surface area contributed by atoms with Crippen LogP contribution in [-0.2, 0) is 6.42 Å². The zero-order chi connectivity index (χ0) is 13.1. The van der Waals surface area contributed by atoms with E-state index in [1.54, 1.807) is 6.07 Å². The smallest absolute Gasteiger partial charge is 0.149 e. The topological polar surface area (TPSA) is 24.9 Å². The number of aromatic nitrogens is 1. The lowest BCUT2D eigenvalue weighted by atomic mass is 10.1. The van der Waals surface area contributed by atoms with Gasteiger partial charge >= 0.3 is 0 Å². The molecule has 0 aliphatic carbocycles. The monoisotopic (exact) mass is 266 g/mol. The first-order valence-corrected chi connectivity index (χ1v) is 6.56. The van der Waals surface area contributed by atoms with Crippen molar-refractivity contribution in [3.05, 3.63) is 34.7 Å². The Labute approximate surface area is 111 Å².